The first-order valence-electron chi connectivity index (χ1n) is 5.59. The van der Waals surface area contributed by atoms with Gasteiger partial charge in [0.2, 0.25) is 5.82 Å². The van der Waals surface area contributed by atoms with E-state index >= 15 is 0 Å². The number of hydrogen-bond acceptors (Lipinski definition) is 5. The number of halogens is 6. The quantitative estimate of drug-likeness (QED) is 0.847. The van der Waals surface area contributed by atoms with Crippen LogP contribution in [0.4, 0.5) is 26.3 Å². The van der Waals surface area contributed by atoms with E-state index in [1.54, 1.807) is 0 Å². The predicted octanol–water partition coefficient (Wildman–Crippen LogP) is 2.67. The number of alkyl halides is 6. The van der Waals surface area contributed by atoms with Gasteiger partial charge >= 0.3 is 18.3 Å². The number of benzene rings is 1. The first-order chi connectivity index (χ1) is 10.5. The lowest BCUT2D eigenvalue weighted by atomic mass is 10.0. The zero-order chi connectivity index (χ0) is 17.4. The van der Waals surface area contributed by atoms with Crippen LogP contribution in [0.1, 0.15) is 21.7 Å². The van der Waals surface area contributed by atoms with Crippen LogP contribution in [-0.4, -0.2) is 31.5 Å². The van der Waals surface area contributed by atoms with Crippen molar-refractivity contribution in [2.75, 3.05) is 0 Å². The highest BCUT2D eigenvalue weighted by atomic mass is 19.4. The van der Waals surface area contributed by atoms with Crippen molar-refractivity contribution >= 4 is 5.97 Å². The maximum absolute atomic E-state index is 12.7. The predicted molar refractivity (Wildman–Crippen MR) is 60.0 cm³/mol. The van der Waals surface area contributed by atoms with E-state index < -0.39 is 46.7 Å². The molecule has 0 aliphatic rings. The third-order valence-corrected chi connectivity index (χ3v) is 2.52. The molecule has 122 valence electrons. The fourth-order valence-electron chi connectivity index (χ4n) is 1.51. The maximum Gasteiger partial charge on any atom is 0.416 e. The third kappa shape index (κ3) is 3.70. The van der Waals surface area contributed by atoms with Crippen molar-refractivity contribution < 1.29 is 36.2 Å². The van der Waals surface area contributed by atoms with Crippen LogP contribution in [0.3, 0.4) is 0 Å². The summed E-state index contributed by atoms with van der Waals surface area (Å²) in [4.78, 5) is 10.5. The van der Waals surface area contributed by atoms with Crippen LogP contribution in [0.2, 0.25) is 0 Å². The SMILES string of the molecule is O=C(O)c1nnc(-c2cc(C(F)(F)F)cc(C(F)(F)F)c2)nn1. The number of aromatic carboxylic acids is 1. The van der Waals surface area contributed by atoms with E-state index in [-0.39, 0.29) is 6.07 Å². The van der Waals surface area contributed by atoms with Crippen molar-refractivity contribution in [3.05, 3.63) is 35.2 Å². The summed E-state index contributed by atoms with van der Waals surface area (Å²) in [7, 11) is 0. The van der Waals surface area contributed by atoms with Gasteiger partial charge in [-0.2, -0.15) is 26.3 Å². The fraction of sp³-hybridized carbons (Fsp3) is 0.182. The lowest BCUT2D eigenvalue weighted by Crippen LogP contribution is -2.12. The second-order valence-electron chi connectivity index (χ2n) is 4.15. The van der Waals surface area contributed by atoms with E-state index in [2.05, 4.69) is 20.4 Å². The minimum Gasteiger partial charge on any atom is -0.475 e. The van der Waals surface area contributed by atoms with Gasteiger partial charge in [-0.15, -0.1) is 20.4 Å². The van der Waals surface area contributed by atoms with Crippen molar-refractivity contribution in [2.45, 2.75) is 12.4 Å². The Morgan fingerprint density at radius 1 is 0.826 bits per heavy atom. The molecule has 1 aromatic carbocycles. The molecule has 1 aromatic heterocycles. The van der Waals surface area contributed by atoms with E-state index in [1.165, 1.54) is 0 Å². The van der Waals surface area contributed by atoms with Crippen LogP contribution in [0, 0.1) is 0 Å². The smallest absolute Gasteiger partial charge is 0.416 e. The first kappa shape index (κ1) is 16.6. The number of nitrogens with zero attached hydrogens (tertiary/aromatic N) is 4. The lowest BCUT2D eigenvalue weighted by molar-refractivity contribution is -0.143. The highest BCUT2D eigenvalue weighted by Crippen LogP contribution is 2.37. The average Bonchev–Trinajstić information content (AvgIpc) is 2.45. The molecule has 0 bridgehead atoms. The molecule has 0 saturated carbocycles. The molecule has 23 heavy (non-hydrogen) atoms. The summed E-state index contributed by atoms with van der Waals surface area (Å²) >= 11 is 0. The van der Waals surface area contributed by atoms with Crippen molar-refractivity contribution in [3.63, 3.8) is 0 Å². The van der Waals surface area contributed by atoms with Gasteiger partial charge < -0.3 is 5.11 Å². The Morgan fingerprint density at radius 3 is 1.61 bits per heavy atom. The summed E-state index contributed by atoms with van der Waals surface area (Å²) in [5.74, 6) is -3.13. The molecule has 2 aromatic rings. The summed E-state index contributed by atoms with van der Waals surface area (Å²) in [5.41, 5.74) is -3.77. The van der Waals surface area contributed by atoms with Crippen molar-refractivity contribution in [2.24, 2.45) is 0 Å². The molecule has 6 nitrogen and oxygen atoms in total. The van der Waals surface area contributed by atoms with Gasteiger partial charge in [-0.05, 0) is 18.2 Å². The summed E-state index contributed by atoms with van der Waals surface area (Å²) in [6.45, 7) is 0. The Hall–Kier alpha value is -2.79. The molecule has 1 heterocycles. The molecule has 0 radical (unpaired) electrons. The summed E-state index contributed by atoms with van der Waals surface area (Å²) < 4.78 is 76.2. The van der Waals surface area contributed by atoms with Crippen LogP contribution in [0.15, 0.2) is 18.2 Å². The molecular weight excluding hydrogens is 334 g/mol. The molecule has 0 fully saturated rings. The molecule has 12 heteroatoms. The molecule has 0 spiro atoms. The zero-order valence-electron chi connectivity index (χ0n) is 10.6. The minimum atomic E-state index is -5.03. The number of aromatic nitrogens is 4. The van der Waals surface area contributed by atoms with E-state index in [1.807, 2.05) is 0 Å². The van der Waals surface area contributed by atoms with E-state index in [4.69, 9.17) is 5.11 Å². The molecule has 0 amide bonds. The Labute approximate surface area is 122 Å². The fourth-order valence-corrected chi connectivity index (χ4v) is 1.51. The van der Waals surface area contributed by atoms with Crippen molar-refractivity contribution in [3.8, 4) is 11.4 Å². The first-order valence-corrected chi connectivity index (χ1v) is 5.59. The van der Waals surface area contributed by atoms with Crippen LogP contribution in [0.25, 0.3) is 11.4 Å². The summed E-state index contributed by atoms with van der Waals surface area (Å²) in [6, 6.07) is 0.707. The Morgan fingerprint density at radius 2 is 1.26 bits per heavy atom. The number of carboxylic acids is 1. The van der Waals surface area contributed by atoms with E-state index in [0.29, 0.717) is 12.1 Å². The van der Waals surface area contributed by atoms with Gasteiger partial charge in [0.15, 0.2) is 0 Å². The van der Waals surface area contributed by atoms with Crippen LogP contribution in [-0.2, 0) is 12.4 Å². The number of carbonyl (C=O) groups is 1. The standard InChI is InChI=1S/C11H4F6N4O2/c12-10(13,14)5-1-4(2-6(3-5)11(15,16)17)7-18-20-8(9(22)23)21-19-7/h1-3H,(H,22,23). The highest BCUT2D eigenvalue weighted by Gasteiger charge is 2.37. The van der Waals surface area contributed by atoms with Gasteiger partial charge in [-0.3, -0.25) is 0 Å². The van der Waals surface area contributed by atoms with Crippen LogP contribution >= 0.6 is 0 Å². The number of carboxylic acid groups (broad SMARTS) is 1. The normalized spacial score (nSPS) is 12.3. The lowest BCUT2D eigenvalue weighted by Gasteiger charge is -2.13. The average molecular weight is 338 g/mol. The molecule has 0 aliphatic heterocycles. The molecule has 2 rings (SSSR count). The van der Waals surface area contributed by atoms with Gasteiger partial charge in [0.1, 0.15) is 0 Å². The molecular formula is C11H4F6N4O2. The van der Waals surface area contributed by atoms with E-state index in [9.17, 15) is 31.1 Å². The van der Waals surface area contributed by atoms with E-state index in [0.717, 1.165) is 0 Å². The minimum absolute atomic E-state index is 0.0595. The second kappa shape index (κ2) is 5.44. The summed E-state index contributed by atoms with van der Waals surface area (Å²) in [5, 5.41) is 21.0. The van der Waals surface area contributed by atoms with Gasteiger partial charge in [0.25, 0.3) is 5.82 Å². The number of hydrogen-bond donors (Lipinski definition) is 1. The zero-order valence-corrected chi connectivity index (χ0v) is 10.6. The maximum atomic E-state index is 12.7. The molecule has 0 saturated heterocycles. The molecule has 1 N–H and O–H groups in total. The molecule has 0 unspecified atom stereocenters. The number of rotatable bonds is 2. The van der Waals surface area contributed by atoms with Crippen molar-refractivity contribution in [1.29, 1.82) is 0 Å². The van der Waals surface area contributed by atoms with Gasteiger partial charge in [0.05, 0.1) is 11.1 Å². The second-order valence-corrected chi connectivity index (χ2v) is 4.15. The van der Waals surface area contributed by atoms with Crippen LogP contribution < -0.4 is 0 Å². The largest absolute Gasteiger partial charge is 0.475 e. The Balaban J connectivity index is 2.59. The third-order valence-electron chi connectivity index (χ3n) is 2.52. The van der Waals surface area contributed by atoms with Gasteiger partial charge in [-0.25, -0.2) is 4.79 Å². The van der Waals surface area contributed by atoms with Crippen molar-refractivity contribution in [1.82, 2.24) is 20.4 Å². The molecule has 0 atom stereocenters. The monoisotopic (exact) mass is 338 g/mol. The highest BCUT2D eigenvalue weighted by molar-refractivity contribution is 5.82. The molecule has 0 aliphatic carbocycles. The van der Waals surface area contributed by atoms with Gasteiger partial charge in [-0.1, -0.05) is 0 Å². The Bertz CT molecular complexity index is 709. The van der Waals surface area contributed by atoms with Gasteiger partial charge in [0, 0.05) is 5.56 Å². The summed E-state index contributed by atoms with van der Waals surface area (Å²) in [6.07, 6.45) is -10.1. The topological polar surface area (TPSA) is 88.9 Å². The Kier molecular flexibility index (Phi) is 3.92. The van der Waals surface area contributed by atoms with Crippen LogP contribution in [0.5, 0.6) is 0 Å².